The molecule has 0 spiro atoms. The van der Waals surface area contributed by atoms with Crippen molar-refractivity contribution in [3.05, 3.63) is 63.9 Å². The normalized spacial score (nSPS) is 9.85. The van der Waals surface area contributed by atoms with Crippen molar-refractivity contribution >= 4 is 27.5 Å². The first-order chi connectivity index (χ1) is 9.58. The van der Waals surface area contributed by atoms with E-state index in [9.17, 15) is 9.18 Å². The first-order valence-corrected chi connectivity index (χ1v) is 6.68. The van der Waals surface area contributed by atoms with Crippen LogP contribution in [0.3, 0.4) is 0 Å². The van der Waals surface area contributed by atoms with Gasteiger partial charge in [-0.2, -0.15) is 0 Å². The quantitative estimate of drug-likeness (QED) is 0.852. The summed E-state index contributed by atoms with van der Waals surface area (Å²) in [5, 5.41) is 2.76. The molecule has 1 amide bonds. The van der Waals surface area contributed by atoms with E-state index in [4.69, 9.17) is 6.42 Å². The van der Waals surface area contributed by atoms with Crippen LogP contribution in [-0.2, 0) is 11.2 Å². The Labute approximate surface area is 125 Å². The molecule has 20 heavy (non-hydrogen) atoms. The number of carbonyl (C=O) groups is 1. The molecule has 0 aromatic heterocycles. The summed E-state index contributed by atoms with van der Waals surface area (Å²) in [6.07, 6.45) is 5.47. The summed E-state index contributed by atoms with van der Waals surface area (Å²) in [4.78, 5) is 11.9. The molecule has 2 nitrogen and oxygen atoms in total. The average Bonchev–Trinajstić information content (AvgIpc) is 2.43. The van der Waals surface area contributed by atoms with Crippen LogP contribution < -0.4 is 5.32 Å². The smallest absolute Gasteiger partial charge is 0.228 e. The van der Waals surface area contributed by atoms with Crippen LogP contribution in [0.1, 0.15) is 11.1 Å². The Balaban J connectivity index is 2.05. The van der Waals surface area contributed by atoms with Crippen molar-refractivity contribution in [3.63, 3.8) is 0 Å². The Bertz CT molecular complexity index is 691. The van der Waals surface area contributed by atoms with Gasteiger partial charge in [-0.15, -0.1) is 6.42 Å². The van der Waals surface area contributed by atoms with Gasteiger partial charge in [0.1, 0.15) is 5.82 Å². The molecule has 0 unspecified atom stereocenters. The molecule has 2 aromatic rings. The zero-order valence-electron chi connectivity index (χ0n) is 10.5. The zero-order valence-corrected chi connectivity index (χ0v) is 12.1. The van der Waals surface area contributed by atoms with E-state index in [2.05, 4.69) is 27.2 Å². The molecule has 0 atom stereocenters. The molecule has 0 bridgehead atoms. The van der Waals surface area contributed by atoms with Gasteiger partial charge in [-0.3, -0.25) is 4.79 Å². The maximum Gasteiger partial charge on any atom is 0.228 e. The molecule has 1 N–H and O–H groups in total. The van der Waals surface area contributed by atoms with Crippen molar-refractivity contribution in [2.45, 2.75) is 6.42 Å². The van der Waals surface area contributed by atoms with Gasteiger partial charge < -0.3 is 5.32 Å². The number of carbonyl (C=O) groups excluding carboxylic acids is 1. The molecular formula is C16H11BrFNO. The van der Waals surface area contributed by atoms with Crippen LogP contribution in [0.25, 0.3) is 0 Å². The highest BCUT2D eigenvalue weighted by Crippen LogP contribution is 2.17. The van der Waals surface area contributed by atoms with Gasteiger partial charge in [0.05, 0.1) is 10.9 Å². The van der Waals surface area contributed by atoms with E-state index < -0.39 is 0 Å². The van der Waals surface area contributed by atoms with Gasteiger partial charge in [0, 0.05) is 11.3 Å². The van der Waals surface area contributed by atoms with Gasteiger partial charge in [0.15, 0.2) is 0 Å². The summed E-state index contributed by atoms with van der Waals surface area (Å²) in [6.45, 7) is 0. The third-order valence-electron chi connectivity index (χ3n) is 2.66. The molecule has 0 fully saturated rings. The van der Waals surface area contributed by atoms with Gasteiger partial charge in [-0.1, -0.05) is 18.1 Å². The highest BCUT2D eigenvalue weighted by Gasteiger charge is 2.07. The third-order valence-corrected chi connectivity index (χ3v) is 3.27. The predicted octanol–water partition coefficient (Wildman–Crippen LogP) is 3.75. The Morgan fingerprint density at radius 3 is 2.80 bits per heavy atom. The van der Waals surface area contributed by atoms with Crippen molar-refractivity contribution in [3.8, 4) is 12.3 Å². The lowest BCUT2D eigenvalue weighted by atomic mass is 10.1. The molecule has 2 aromatic carbocycles. The molecule has 0 heterocycles. The second-order valence-corrected chi connectivity index (χ2v) is 5.05. The standard InChI is InChI=1S/C16H11BrFNO/c1-2-11-4-3-5-13(8-11)19-16(20)10-12-6-7-15(18)14(17)9-12/h1,3-9H,10H2,(H,19,20). The summed E-state index contributed by atoms with van der Waals surface area (Å²) in [5.41, 5.74) is 2.07. The molecule has 4 heteroatoms. The molecule has 100 valence electrons. The number of rotatable bonds is 3. The van der Waals surface area contributed by atoms with E-state index in [0.29, 0.717) is 15.7 Å². The lowest BCUT2D eigenvalue weighted by Gasteiger charge is -2.06. The summed E-state index contributed by atoms with van der Waals surface area (Å²) >= 11 is 3.09. The third kappa shape index (κ3) is 3.69. The number of terminal acetylenes is 1. The van der Waals surface area contributed by atoms with Gasteiger partial charge in [0.25, 0.3) is 0 Å². The first kappa shape index (κ1) is 14.3. The van der Waals surface area contributed by atoms with Gasteiger partial charge in [-0.05, 0) is 51.8 Å². The SMILES string of the molecule is C#Cc1cccc(NC(=O)Cc2ccc(F)c(Br)c2)c1. The number of amides is 1. The van der Waals surface area contributed by atoms with Crippen LogP contribution in [0.5, 0.6) is 0 Å². The van der Waals surface area contributed by atoms with E-state index in [1.54, 1.807) is 36.4 Å². The van der Waals surface area contributed by atoms with E-state index in [1.165, 1.54) is 6.07 Å². The lowest BCUT2D eigenvalue weighted by molar-refractivity contribution is -0.115. The monoisotopic (exact) mass is 331 g/mol. The van der Waals surface area contributed by atoms with E-state index in [-0.39, 0.29) is 18.1 Å². The number of nitrogens with one attached hydrogen (secondary N) is 1. The maximum atomic E-state index is 13.1. The second-order valence-electron chi connectivity index (χ2n) is 4.20. The molecule has 0 saturated heterocycles. The Hall–Kier alpha value is -2.12. The molecule has 0 aliphatic heterocycles. The van der Waals surface area contributed by atoms with Crippen LogP contribution in [-0.4, -0.2) is 5.91 Å². The van der Waals surface area contributed by atoms with Gasteiger partial charge in [-0.25, -0.2) is 4.39 Å². The molecule has 0 aliphatic rings. The molecule has 0 saturated carbocycles. The summed E-state index contributed by atoms with van der Waals surface area (Å²) in [5.74, 6) is 1.97. The van der Waals surface area contributed by atoms with E-state index in [1.807, 2.05) is 0 Å². The van der Waals surface area contributed by atoms with Crippen molar-refractivity contribution in [2.24, 2.45) is 0 Å². The second kappa shape index (κ2) is 6.36. The van der Waals surface area contributed by atoms with Crippen LogP contribution in [0, 0.1) is 18.2 Å². The molecule has 0 radical (unpaired) electrons. The molecular weight excluding hydrogens is 321 g/mol. The molecule has 0 aliphatic carbocycles. The van der Waals surface area contributed by atoms with Gasteiger partial charge >= 0.3 is 0 Å². The number of benzene rings is 2. The van der Waals surface area contributed by atoms with Crippen LogP contribution in [0.4, 0.5) is 10.1 Å². The average molecular weight is 332 g/mol. The fourth-order valence-corrected chi connectivity index (χ4v) is 2.15. The predicted molar refractivity (Wildman–Crippen MR) is 80.8 cm³/mol. The minimum Gasteiger partial charge on any atom is -0.326 e. The minimum absolute atomic E-state index is 0.166. The summed E-state index contributed by atoms with van der Waals surface area (Å²) in [7, 11) is 0. The van der Waals surface area contributed by atoms with E-state index in [0.717, 1.165) is 5.56 Å². The van der Waals surface area contributed by atoms with Crippen LogP contribution in [0.15, 0.2) is 46.9 Å². The zero-order chi connectivity index (χ0) is 14.5. The Kier molecular flexibility index (Phi) is 4.54. The number of hydrogen-bond donors (Lipinski definition) is 1. The van der Waals surface area contributed by atoms with Crippen molar-refractivity contribution < 1.29 is 9.18 Å². The fourth-order valence-electron chi connectivity index (χ4n) is 1.73. The highest BCUT2D eigenvalue weighted by atomic mass is 79.9. The fraction of sp³-hybridized carbons (Fsp3) is 0.0625. The highest BCUT2D eigenvalue weighted by molar-refractivity contribution is 9.10. The number of hydrogen-bond acceptors (Lipinski definition) is 1. The summed E-state index contributed by atoms with van der Waals surface area (Å²) < 4.78 is 13.4. The van der Waals surface area contributed by atoms with Crippen LogP contribution in [0.2, 0.25) is 0 Å². The topological polar surface area (TPSA) is 29.1 Å². The van der Waals surface area contributed by atoms with Crippen molar-refractivity contribution in [1.82, 2.24) is 0 Å². The van der Waals surface area contributed by atoms with Crippen LogP contribution >= 0.6 is 15.9 Å². The number of anilines is 1. The largest absolute Gasteiger partial charge is 0.326 e. The van der Waals surface area contributed by atoms with Crippen molar-refractivity contribution in [2.75, 3.05) is 5.32 Å². The van der Waals surface area contributed by atoms with Crippen molar-refractivity contribution in [1.29, 1.82) is 0 Å². The number of halogens is 2. The lowest BCUT2D eigenvalue weighted by Crippen LogP contribution is -2.14. The molecule has 2 rings (SSSR count). The first-order valence-electron chi connectivity index (χ1n) is 5.89. The van der Waals surface area contributed by atoms with Gasteiger partial charge in [0.2, 0.25) is 5.91 Å². The maximum absolute atomic E-state index is 13.1. The minimum atomic E-state index is -0.351. The van der Waals surface area contributed by atoms with E-state index >= 15 is 0 Å². The Morgan fingerprint density at radius 2 is 2.10 bits per heavy atom. The Morgan fingerprint density at radius 1 is 1.30 bits per heavy atom. The summed E-state index contributed by atoms with van der Waals surface area (Å²) in [6, 6.07) is 11.5.